The summed E-state index contributed by atoms with van der Waals surface area (Å²) in [5.41, 5.74) is 0. The van der Waals surface area contributed by atoms with Crippen LogP contribution < -0.4 is 29.6 Å². The van der Waals surface area contributed by atoms with Gasteiger partial charge in [-0.25, -0.2) is 8.42 Å². The van der Waals surface area contributed by atoms with E-state index in [0.717, 1.165) is 51.4 Å². The van der Waals surface area contributed by atoms with Crippen LogP contribution in [-0.2, 0) is 14.6 Å². The van der Waals surface area contributed by atoms with E-state index < -0.39 is 10.4 Å². The largest absolute Gasteiger partial charge is 1.00 e. The van der Waals surface area contributed by atoms with Gasteiger partial charge in [-0.1, -0.05) is 109 Å². The fourth-order valence-corrected chi connectivity index (χ4v) is 3.60. The van der Waals surface area contributed by atoms with E-state index in [-0.39, 0.29) is 36.2 Å². The van der Waals surface area contributed by atoms with Gasteiger partial charge in [-0.05, 0) is 31.1 Å². The Morgan fingerprint density at radius 1 is 0.613 bits per heavy atom. The molecule has 0 aliphatic carbocycles. The van der Waals surface area contributed by atoms with E-state index in [1.165, 1.54) is 64.2 Å². The van der Waals surface area contributed by atoms with E-state index in [4.69, 9.17) is 0 Å². The Kier molecular flexibility index (Phi) is 28.1. The van der Waals surface area contributed by atoms with Crippen molar-refractivity contribution in [3.8, 4) is 23.7 Å². The van der Waals surface area contributed by atoms with Crippen LogP contribution >= 0.6 is 0 Å². The van der Waals surface area contributed by atoms with Gasteiger partial charge in [0.2, 0.25) is 10.4 Å². The number of hydrogen-bond donors (Lipinski definition) is 0. The SMILES string of the molecule is CCCCCCCCCCCCC#CC#CCCCCCCCCCOS(=O)(=O)[O-].[Na+]. The maximum Gasteiger partial charge on any atom is 1.00 e. The zero-order chi connectivity index (χ0) is 22.2. The molecule has 0 unspecified atom stereocenters. The Bertz CT molecular complexity index is 596. The van der Waals surface area contributed by atoms with Gasteiger partial charge in [0.1, 0.15) is 0 Å². The fraction of sp³-hybridized carbons (Fsp3) is 0.840. The fourth-order valence-electron chi connectivity index (χ4n) is 3.27. The Balaban J connectivity index is 0. The summed E-state index contributed by atoms with van der Waals surface area (Å²) in [6.45, 7) is 2.27. The molecule has 0 heterocycles. The van der Waals surface area contributed by atoms with Crippen LogP contribution in [0.3, 0.4) is 0 Å². The number of unbranched alkanes of at least 4 members (excludes halogenated alkanes) is 17. The third-order valence-electron chi connectivity index (χ3n) is 5.07. The van der Waals surface area contributed by atoms with Crippen molar-refractivity contribution in [1.82, 2.24) is 0 Å². The van der Waals surface area contributed by atoms with Crippen LogP contribution in [0.1, 0.15) is 129 Å². The molecule has 0 saturated carbocycles. The van der Waals surface area contributed by atoms with E-state index in [1.54, 1.807) is 0 Å². The summed E-state index contributed by atoms with van der Waals surface area (Å²) in [7, 11) is -4.52. The molecule has 4 nitrogen and oxygen atoms in total. The van der Waals surface area contributed by atoms with Crippen molar-refractivity contribution in [1.29, 1.82) is 0 Å². The molecule has 0 spiro atoms. The number of rotatable bonds is 20. The van der Waals surface area contributed by atoms with Gasteiger partial charge in [-0.15, -0.1) is 0 Å². The summed E-state index contributed by atoms with van der Waals surface area (Å²) in [5.74, 6) is 12.2. The minimum absolute atomic E-state index is 0. The molecule has 0 saturated heterocycles. The van der Waals surface area contributed by atoms with Gasteiger partial charge in [0.05, 0.1) is 6.61 Å². The molecule has 0 aliphatic rings. The summed E-state index contributed by atoms with van der Waals surface area (Å²) < 4.78 is 34.9. The van der Waals surface area contributed by atoms with Crippen molar-refractivity contribution >= 4 is 10.4 Å². The average molecular weight is 463 g/mol. The molecule has 0 aromatic heterocycles. The zero-order valence-corrected chi connectivity index (χ0v) is 23.0. The van der Waals surface area contributed by atoms with Gasteiger partial charge in [0.25, 0.3) is 0 Å². The van der Waals surface area contributed by atoms with Crippen LogP contribution in [0.4, 0.5) is 0 Å². The van der Waals surface area contributed by atoms with Crippen molar-refractivity contribution in [2.24, 2.45) is 0 Å². The molecule has 0 radical (unpaired) electrons. The molecule has 0 aliphatic heterocycles. The first-order chi connectivity index (χ1) is 14.6. The molecule has 0 N–H and O–H groups in total. The second kappa shape index (κ2) is 26.2. The molecule has 0 fully saturated rings. The van der Waals surface area contributed by atoms with E-state index in [2.05, 4.69) is 34.8 Å². The Hall–Kier alpha value is -0.0100. The predicted molar refractivity (Wildman–Crippen MR) is 125 cm³/mol. The molecule has 0 amide bonds. The van der Waals surface area contributed by atoms with Gasteiger partial charge in [-0.3, -0.25) is 4.18 Å². The molecular formula is C25H43NaO4S. The summed E-state index contributed by atoms with van der Waals surface area (Å²) >= 11 is 0. The predicted octanol–water partition coefficient (Wildman–Crippen LogP) is 3.91. The summed E-state index contributed by atoms with van der Waals surface area (Å²) in [6, 6.07) is 0. The maximum atomic E-state index is 10.3. The van der Waals surface area contributed by atoms with Gasteiger partial charge in [0, 0.05) is 12.8 Å². The van der Waals surface area contributed by atoms with Gasteiger partial charge in [-0.2, -0.15) is 0 Å². The monoisotopic (exact) mass is 462 g/mol. The third kappa shape index (κ3) is 32.3. The van der Waals surface area contributed by atoms with Crippen LogP contribution in [0.15, 0.2) is 0 Å². The minimum Gasteiger partial charge on any atom is -0.726 e. The van der Waals surface area contributed by atoms with Crippen molar-refractivity contribution in [2.75, 3.05) is 6.61 Å². The van der Waals surface area contributed by atoms with Crippen LogP contribution in [0.5, 0.6) is 0 Å². The van der Waals surface area contributed by atoms with Gasteiger partial charge >= 0.3 is 29.6 Å². The van der Waals surface area contributed by atoms with Crippen LogP contribution in [0.25, 0.3) is 0 Å². The van der Waals surface area contributed by atoms with Gasteiger partial charge < -0.3 is 4.55 Å². The van der Waals surface area contributed by atoms with Crippen molar-refractivity contribution in [3.05, 3.63) is 0 Å². The van der Waals surface area contributed by atoms with E-state index in [0.29, 0.717) is 6.42 Å². The van der Waals surface area contributed by atoms with E-state index >= 15 is 0 Å². The standard InChI is InChI=1S/C25H44O4S.Na/c1-2-3-4-5-6-7-8-9-10-11-12-13-14-15-16-17-18-19-20-21-22-23-24-25-29-30(26,27)28;/h2-12,17-25H2,1H3,(H,26,27,28);/q;+1/p-1. The smallest absolute Gasteiger partial charge is 0.726 e. The van der Waals surface area contributed by atoms with Crippen LogP contribution in [-0.4, -0.2) is 19.6 Å². The van der Waals surface area contributed by atoms with Crippen LogP contribution in [0.2, 0.25) is 0 Å². The molecular weight excluding hydrogens is 419 g/mol. The molecule has 0 atom stereocenters. The van der Waals surface area contributed by atoms with Crippen molar-refractivity contribution in [2.45, 2.75) is 129 Å². The first-order valence-electron chi connectivity index (χ1n) is 12.1. The molecule has 0 aromatic rings. The van der Waals surface area contributed by atoms with E-state index in [9.17, 15) is 13.0 Å². The van der Waals surface area contributed by atoms with Crippen LogP contribution in [0, 0.1) is 23.7 Å². The molecule has 174 valence electrons. The maximum absolute atomic E-state index is 10.3. The average Bonchev–Trinajstić information content (AvgIpc) is 2.70. The summed E-state index contributed by atoms with van der Waals surface area (Å²) in [6.07, 6.45) is 22.5. The van der Waals surface area contributed by atoms with Crippen molar-refractivity contribution in [3.63, 3.8) is 0 Å². The number of hydrogen-bond acceptors (Lipinski definition) is 4. The topological polar surface area (TPSA) is 66.4 Å². The third-order valence-corrected chi connectivity index (χ3v) is 5.52. The Labute approximate surface area is 215 Å². The van der Waals surface area contributed by atoms with Gasteiger partial charge in [0.15, 0.2) is 0 Å². The molecule has 0 aromatic carbocycles. The molecule has 31 heavy (non-hydrogen) atoms. The molecule has 0 rings (SSSR count). The second-order valence-corrected chi connectivity index (χ2v) is 9.04. The van der Waals surface area contributed by atoms with Crippen molar-refractivity contribution < 1.29 is 46.7 Å². The second-order valence-electron chi connectivity index (χ2n) is 7.99. The normalized spacial score (nSPS) is 10.5. The summed E-state index contributed by atoms with van der Waals surface area (Å²) in [4.78, 5) is 0. The first kappa shape index (κ1) is 33.2. The summed E-state index contributed by atoms with van der Waals surface area (Å²) in [5, 5.41) is 0. The Morgan fingerprint density at radius 2 is 0.968 bits per heavy atom. The van der Waals surface area contributed by atoms with E-state index in [1.807, 2.05) is 0 Å². The first-order valence-corrected chi connectivity index (χ1v) is 13.5. The molecule has 0 bridgehead atoms. The molecule has 6 heteroatoms. The zero-order valence-electron chi connectivity index (χ0n) is 20.2. The quantitative estimate of drug-likeness (QED) is 0.0905. The minimum atomic E-state index is -4.52. The Morgan fingerprint density at radius 3 is 1.35 bits per heavy atom.